The van der Waals surface area contributed by atoms with Gasteiger partial charge in [-0.05, 0) is 81.8 Å². The second-order valence-electron chi connectivity index (χ2n) is 6.11. The molecule has 2 nitrogen and oxygen atoms in total. The minimum Gasteiger partial charge on any atom is -0.248 e. The number of hydrogen-bond donors (Lipinski definition) is 1. The molecule has 0 saturated carbocycles. The molecule has 3 heteroatoms. The van der Waals surface area contributed by atoms with Gasteiger partial charge in [-0.15, -0.1) is 0 Å². The Morgan fingerprint density at radius 1 is 0.833 bits per heavy atom. The van der Waals surface area contributed by atoms with E-state index in [1.54, 1.807) is 17.3 Å². The molecule has 0 saturated heterocycles. The zero-order chi connectivity index (χ0) is 16.2. The lowest BCUT2D eigenvalue weighted by atomic mass is 9.86. The van der Waals surface area contributed by atoms with Crippen LogP contribution in [0.5, 0.6) is 0 Å². The summed E-state index contributed by atoms with van der Waals surface area (Å²) in [4.78, 5) is 2.68. The quantitative estimate of drug-likeness (QED) is 0.427. The highest BCUT2D eigenvalue weighted by Crippen LogP contribution is 2.33. The van der Waals surface area contributed by atoms with Crippen molar-refractivity contribution in [3.8, 4) is 0 Å². The SMILES string of the molecule is C1=CSNN=C1.c1ccc2c(c1)ccc1c3c(ccc12)CCCC3. The molecule has 120 valence electrons. The topological polar surface area (TPSA) is 24.4 Å². The van der Waals surface area contributed by atoms with Crippen molar-refractivity contribution in [3.05, 3.63) is 71.1 Å². The zero-order valence-corrected chi connectivity index (χ0v) is 14.4. The van der Waals surface area contributed by atoms with E-state index in [1.807, 2.05) is 11.5 Å². The second-order valence-corrected chi connectivity index (χ2v) is 6.80. The van der Waals surface area contributed by atoms with Crippen molar-refractivity contribution in [1.82, 2.24) is 4.83 Å². The van der Waals surface area contributed by atoms with Gasteiger partial charge in [0.1, 0.15) is 0 Å². The molecule has 1 aliphatic carbocycles. The molecule has 1 N–H and O–H groups in total. The van der Waals surface area contributed by atoms with Gasteiger partial charge in [0.2, 0.25) is 0 Å². The highest BCUT2D eigenvalue weighted by molar-refractivity contribution is 8.00. The Kier molecular flexibility index (Phi) is 4.52. The molecular weight excluding hydrogens is 312 g/mol. The van der Waals surface area contributed by atoms with Crippen LogP contribution < -0.4 is 4.83 Å². The van der Waals surface area contributed by atoms with Crippen molar-refractivity contribution >= 4 is 39.7 Å². The molecule has 0 amide bonds. The first-order valence-corrected chi connectivity index (χ1v) is 9.32. The van der Waals surface area contributed by atoms with Crippen molar-refractivity contribution < 1.29 is 0 Å². The van der Waals surface area contributed by atoms with E-state index in [0.717, 1.165) is 0 Å². The molecule has 0 fully saturated rings. The number of nitrogens with zero attached hydrogens (tertiary/aromatic N) is 1. The van der Waals surface area contributed by atoms with Crippen LogP contribution in [0.25, 0.3) is 21.5 Å². The molecule has 0 radical (unpaired) electrons. The average molecular weight is 332 g/mol. The van der Waals surface area contributed by atoms with E-state index in [-0.39, 0.29) is 0 Å². The minimum atomic E-state index is 1.25. The maximum atomic E-state index is 3.68. The van der Waals surface area contributed by atoms with Crippen LogP contribution in [0, 0.1) is 0 Å². The summed E-state index contributed by atoms with van der Waals surface area (Å²) in [6, 6.07) is 18.0. The Balaban J connectivity index is 0.000000207. The Bertz CT molecular complexity index is 916. The molecule has 0 spiro atoms. The summed E-state index contributed by atoms with van der Waals surface area (Å²) >= 11 is 1.47. The van der Waals surface area contributed by atoms with Crippen LogP contribution in [0.1, 0.15) is 24.0 Å². The Labute approximate surface area is 146 Å². The summed E-state index contributed by atoms with van der Waals surface area (Å²) in [6.45, 7) is 0. The standard InChI is InChI=1S/C18H16.C3H4N2S/c1-3-7-15-13(5-1)9-11-18-16-8-4-2-6-14(16)10-12-17(15)18;1-2-4-5-6-3-1/h1,3,5,7,9-12H,2,4,6,8H2;1-3,5H. The zero-order valence-electron chi connectivity index (χ0n) is 13.5. The Morgan fingerprint density at radius 3 is 2.50 bits per heavy atom. The van der Waals surface area contributed by atoms with Crippen LogP contribution in [0.3, 0.4) is 0 Å². The fourth-order valence-electron chi connectivity index (χ4n) is 3.55. The van der Waals surface area contributed by atoms with Crippen molar-refractivity contribution in [2.45, 2.75) is 25.7 Å². The minimum absolute atomic E-state index is 1.25. The fraction of sp³-hybridized carbons (Fsp3) is 0.190. The van der Waals surface area contributed by atoms with Gasteiger partial charge in [-0.3, -0.25) is 0 Å². The van der Waals surface area contributed by atoms with Crippen molar-refractivity contribution in [1.29, 1.82) is 0 Å². The van der Waals surface area contributed by atoms with Crippen molar-refractivity contribution in [2.75, 3.05) is 0 Å². The van der Waals surface area contributed by atoms with Gasteiger partial charge in [0.05, 0.1) is 0 Å². The van der Waals surface area contributed by atoms with Crippen LogP contribution in [0.2, 0.25) is 0 Å². The fourth-order valence-corrected chi connectivity index (χ4v) is 3.88. The highest BCUT2D eigenvalue weighted by atomic mass is 32.2. The van der Waals surface area contributed by atoms with E-state index in [2.05, 4.69) is 58.5 Å². The van der Waals surface area contributed by atoms with Gasteiger partial charge in [-0.2, -0.15) is 5.10 Å². The first kappa shape index (κ1) is 15.3. The first-order valence-electron chi connectivity index (χ1n) is 8.44. The maximum absolute atomic E-state index is 3.68. The van der Waals surface area contributed by atoms with E-state index >= 15 is 0 Å². The second kappa shape index (κ2) is 7.10. The molecule has 5 rings (SSSR count). The summed E-state index contributed by atoms with van der Waals surface area (Å²) in [7, 11) is 0. The van der Waals surface area contributed by atoms with Gasteiger partial charge in [0.25, 0.3) is 0 Å². The normalized spacial score (nSPS) is 15.5. The Hall–Kier alpha value is -2.26. The summed E-state index contributed by atoms with van der Waals surface area (Å²) in [6.07, 6.45) is 8.80. The summed E-state index contributed by atoms with van der Waals surface area (Å²) in [5, 5.41) is 11.2. The lowest BCUT2D eigenvalue weighted by molar-refractivity contribution is 0.690. The molecule has 1 heterocycles. The average Bonchev–Trinajstić information content (AvgIpc) is 2.69. The third-order valence-corrected chi connectivity index (χ3v) is 5.17. The number of nitrogens with one attached hydrogen (secondary N) is 1. The highest BCUT2D eigenvalue weighted by Gasteiger charge is 2.13. The summed E-state index contributed by atoms with van der Waals surface area (Å²) in [5.74, 6) is 0. The number of aryl methyl sites for hydroxylation is 2. The van der Waals surface area contributed by atoms with Crippen LogP contribution in [-0.4, -0.2) is 6.21 Å². The molecule has 1 aliphatic heterocycles. The Morgan fingerprint density at radius 2 is 1.71 bits per heavy atom. The van der Waals surface area contributed by atoms with Crippen LogP contribution >= 0.6 is 11.9 Å². The first-order chi connectivity index (χ1) is 11.9. The van der Waals surface area contributed by atoms with Crippen molar-refractivity contribution in [3.63, 3.8) is 0 Å². The molecule has 24 heavy (non-hydrogen) atoms. The number of benzene rings is 3. The maximum Gasteiger partial charge on any atom is 0.0484 e. The number of hydrazone groups is 1. The number of fused-ring (bicyclic) bond motifs is 5. The summed E-state index contributed by atoms with van der Waals surface area (Å²) in [5.41, 5.74) is 3.17. The molecule has 3 aromatic rings. The van der Waals surface area contributed by atoms with Gasteiger partial charge in [-0.1, -0.05) is 48.5 Å². The largest absolute Gasteiger partial charge is 0.248 e. The van der Waals surface area contributed by atoms with Gasteiger partial charge < -0.3 is 0 Å². The van der Waals surface area contributed by atoms with Gasteiger partial charge in [0, 0.05) is 6.21 Å². The predicted octanol–water partition coefficient (Wildman–Crippen LogP) is 5.61. The molecule has 2 aliphatic rings. The van der Waals surface area contributed by atoms with Gasteiger partial charge in [-0.25, -0.2) is 4.83 Å². The summed E-state index contributed by atoms with van der Waals surface area (Å²) < 4.78 is 0. The van der Waals surface area contributed by atoms with E-state index in [4.69, 9.17) is 0 Å². The molecule has 3 aromatic carbocycles. The molecule has 0 aromatic heterocycles. The number of rotatable bonds is 0. The number of allylic oxidation sites excluding steroid dienone is 1. The molecule has 0 atom stereocenters. The van der Waals surface area contributed by atoms with Gasteiger partial charge >= 0.3 is 0 Å². The van der Waals surface area contributed by atoms with E-state index in [9.17, 15) is 0 Å². The third-order valence-electron chi connectivity index (χ3n) is 4.67. The predicted molar refractivity (Wildman–Crippen MR) is 106 cm³/mol. The molecule has 0 unspecified atom stereocenters. The van der Waals surface area contributed by atoms with E-state index in [1.165, 1.54) is 59.2 Å². The van der Waals surface area contributed by atoms with Crippen LogP contribution in [0.15, 0.2) is 65.1 Å². The lowest BCUT2D eigenvalue weighted by Gasteiger charge is -2.18. The number of hydrogen-bond acceptors (Lipinski definition) is 3. The van der Waals surface area contributed by atoms with Crippen LogP contribution in [-0.2, 0) is 12.8 Å². The molecular formula is C21H20N2S. The van der Waals surface area contributed by atoms with E-state index in [0.29, 0.717) is 0 Å². The van der Waals surface area contributed by atoms with Crippen molar-refractivity contribution in [2.24, 2.45) is 5.10 Å². The third kappa shape index (κ3) is 3.04. The monoisotopic (exact) mass is 332 g/mol. The van der Waals surface area contributed by atoms with E-state index < -0.39 is 0 Å². The lowest BCUT2D eigenvalue weighted by Crippen LogP contribution is -2.02. The molecule has 0 bridgehead atoms. The van der Waals surface area contributed by atoms with Crippen LogP contribution in [0.4, 0.5) is 0 Å². The van der Waals surface area contributed by atoms with Gasteiger partial charge in [0.15, 0.2) is 0 Å². The smallest absolute Gasteiger partial charge is 0.0484 e.